The van der Waals surface area contributed by atoms with Gasteiger partial charge in [0.1, 0.15) is 6.54 Å². The van der Waals surface area contributed by atoms with Gasteiger partial charge in [-0.3, -0.25) is 9.59 Å². The zero-order valence-electron chi connectivity index (χ0n) is 22.6. The second kappa shape index (κ2) is 9.80. The van der Waals surface area contributed by atoms with Crippen LogP contribution in [0.1, 0.15) is 48.6 Å². The first-order valence-corrected chi connectivity index (χ1v) is 13.5. The average molecular weight is 524 g/mol. The summed E-state index contributed by atoms with van der Waals surface area (Å²) in [6, 6.07) is 23.9. The van der Waals surface area contributed by atoms with Gasteiger partial charge in [-0.15, -0.1) is 0 Å². The first-order valence-electron chi connectivity index (χ1n) is 13.5. The topological polar surface area (TPSA) is 74.9 Å². The van der Waals surface area contributed by atoms with Crippen molar-refractivity contribution in [3.05, 3.63) is 95.2 Å². The van der Waals surface area contributed by atoms with E-state index in [4.69, 9.17) is 9.47 Å². The van der Waals surface area contributed by atoms with Gasteiger partial charge in [-0.25, -0.2) is 0 Å². The predicted octanol–water partition coefficient (Wildman–Crippen LogP) is 5.20. The van der Waals surface area contributed by atoms with Crippen LogP contribution in [0.25, 0.3) is 10.9 Å². The molecule has 3 aromatic carbocycles. The second-order valence-corrected chi connectivity index (χ2v) is 10.5. The number of hydrogen-bond donors (Lipinski definition) is 1. The van der Waals surface area contributed by atoms with Gasteiger partial charge < -0.3 is 24.3 Å². The molecule has 0 aliphatic carbocycles. The van der Waals surface area contributed by atoms with E-state index in [-0.39, 0.29) is 24.3 Å². The van der Waals surface area contributed by atoms with Crippen LogP contribution in [0.2, 0.25) is 0 Å². The lowest BCUT2D eigenvalue weighted by Crippen LogP contribution is -2.67. The summed E-state index contributed by atoms with van der Waals surface area (Å²) in [6.45, 7) is 5.40. The van der Waals surface area contributed by atoms with Crippen LogP contribution in [0.3, 0.4) is 0 Å². The molecule has 7 heteroatoms. The molecule has 7 nitrogen and oxygen atoms in total. The first-order chi connectivity index (χ1) is 19.0. The molecule has 1 N–H and O–H groups in total. The number of fused-ring (bicyclic) bond motifs is 5. The SMILES string of the molecule is CCCOc1ccc([C@H]2CN3C(=O)CN(Cc4ccccc4)C(=O)[C@]3(C)c3[nH]c4ccccc4c32)cc1OC. The second-order valence-electron chi connectivity index (χ2n) is 10.5. The normalized spacial score (nSPS) is 20.6. The van der Waals surface area contributed by atoms with Gasteiger partial charge in [-0.2, -0.15) is 0 Å². The smallest absolute Gasteiger partial charge is 0.255 e. The fourth-order valence-corrected chi connectivity index (χ4v) is 6.14. The molecule has 200 valence electrons. The highest BCUT2D eigenvalue weighted by molar-refractivity contribution is 6.01. The summed E-state index contributed by atoms with van der Waals surface area (Å²) >= 11 is 0. The van der Waals surface area contributed by atoms with Crippen molar-refractivity contribution in [2.75, 3.05) is 26.8 Å². The highest BCUT2D eigenvalue weighted by Crippen LogP contribution is 2.49. The molecule has 0 unspecified atom stereocenters. The maximum absolute atomic E-state index is 14.2. The number of ether oxygens (including phenoxy) is 2. The molecule has 1 fully saturated rings. The van der Waals surface area contributed by atoms with Crippen molar-refractivity contribution < 1.29 is 19.1 Å². The van der Waals surface area contributed by atoms with E-state index < -0.39 is 5.54 Å². The summed E-state index contributed by atoms with van der Waals surface area (Å²) in [5, 5.41) is 1.06. The van der Waals surface area contributed by atoms with Crippen molar-refractivity contribution in [2.45, 2.75) is 38.3 Å². The standard InChI is InChI=1S/C32H33N3O4/c1-4-16-39-26-15-14-22(17-27(26)38-3)24-19-35-28(36)20-34(18-21-10-6-5-7-11-21)31(37)32(35,2)30-29(24)23-12-8-9-13-25(23)33-30/h5-15,17,24,33H,4,16,18-20H2,1-3H3/t24-,32+/m1/s1. The van der Waals surface area contributed by atoms with E-state index in [1.807, 2.05) is 73.7 Å². The molecule has 39 heavy (non-hydrogen) atoms. The van der Waals surface area contributed by atoms with Crippen molar-refractivity contribution in [3.63, 3.8) is 0 Å². The summed E-state index contributed by atoms with van der Waals surface area (Å²) in [4.78, 5) is 35.0. The lowest BCUT2D eigenvalue weighted by Gasteiger charge is -2.51. The Balaban J connectivity index is 1.47. The Hall–Kier alpha value is -4.26. The summed E-state index contributed by atoms with van der Waals surface area (Å²) < 4.78 is 11.6. The van der Waals surface area contributed by atoms with Gasteiger partial charge in [0.2, 0.25) is 5.91 Å². The number of hydrogen-bond acceptors (Lipinski definition) is 4. The van der Waals surface area contributed by atoms with Crippen LogP contribution in [0.4, 0.5) is 0 Å². The summed E-state index contributed by atoms with van der Waals surface area (Å²) in [6.07, 6.45) is 0.900. The summed E-state index contributed by atoms with van der Waals surface area (Å²) in [5.41, 5.74) is 3.65. The number of amides is 2. The third-order valence-corrected chi connectivity index (χ3v) is 8.09. The van der Waals surface area contributed by atoms with Gasteiger partial charge in [0.25, 0.3) is 5.91 Å². The molecular formula is C32H33N3O4. The third kappa shape index (κ3) is 4.04. The summed E-state index contributed by atoms with van der Waals surface area (Å²) in [5.74, 6) is 1.08. The van der Waals surface area contributed by atoms with Crippen LogP contribution in [0.5, 0.6) is 11.5 Å². The van der Waals surface area contributed by atoms with Crippen LogP contribution in [-0.2, 0) is 21.7 Å². The molecule has 2 aliphatic rings. The number of nitrogens with zero attached hydrogens (tertiary/aromatic N) is 2. The van der Waals surface area contributed by atoms with E-state index in [1.54, 1.807) is 16.9 Å². The highest BCUT2D eigenvalue weighted by atomic mass is 16.5. The van der Waals surface area contributed by atoms with Gasteiger partial charge in [0, 0.05) is 29.9 Å². The Labute approximate surface area is 228 Å². The van der Waals surface area contributed by atoms with Crippen LogP contribution in [0, 0.1) is 0 Å². The maximum Gasteiger partial charge on any atom is 0.255 e. The zero-order valence-corrected chi connectivity index (χ0v) is 22.6. The average Bonchev–Trinajstić information content (AvgIpc) is 3.36. The molecule has 2 atom stereocenters. The first kappa shape index (κ1) is 25.0. The number of para-hydroxylation sites is 1. The molecular weight excluding hydrogens is 490 g/mol. The van der Waals surface area contributed by atoms with Gasteiger partial charge in [0.05, 0.1) is 19.4 Å². The number of carbonyl (C=O) groups is 2. The minimum atomic E-state index is -1.14. The molecule has 0 bridgehead atoms. The van der Waals surface area contributed by atoms with E-state index >= 15 is 0 Å². The minimum absolute atomic E-state index is 0.0543. The molecule has 2 aliphatic heterocycles. The van der Waals surface area contributed by atoms with Crippen LogP contribution >= 0.6 is 0 Å². The Morgan fingerprint density at radius 1 is 1.00 bits per heavy atom. The Bertz CT molecular complexity index is 1550. The van der Waals surface area contributed by atoms with Crippen LogP contribution < -0.4 is 9.47 Å². The van der Waals surface area contributed by atoms with Gasteiger partial charge >= 0.3 is 0 Å². The van der Waals surface area contributed by atoms with Crippen molar-refractivity contribution >= 4 is 22.7 Å². The van der Waals surface area contributed by atoms with E-state index in [0.717, 1.165) is 39.7 Å². The largest absolute Gasteiger partial charge is 0.493 e. The minimum Gasteiger partial charge on any atom is -0.493 e. The number of nitrogens with one attached hydrogen (secondary N) is 1. The van der Waals surface area contributed by atoms with E-state index in [9.17, 15) is 9.59 Å². The fourth-order valence-electron chi connectivity index (χ4n) is 6.14. The monoisotopic (exact) mass is 523 g/mol. The third-order valence-electron chi connectivity index (χ3n) is 8.09. The lowest BCUT2D eigenvalue weighted by atomic mass is 9.76. The quantitative estimate of drug-likeness (QED) is 0.362. The number of carbonyl (C=O) groups excluding carboxylic acids is 2. The van der Waals surface area contributed by atoms with Crippen molar-refractivity contribution in [2.24, 2.45) is 0 Å². The number of piperazine rings is 1. The molecule has 1 saturated heterocycles. The molecule has 0 spiro atoms. The van der Waals surface area contributed by atoms with E-state index in [1.165, 1.54) is 0 Å². The van der Waals surface area contributed by atoms with Crippen LogP contribution in [0.15, 0.2) is 72.8 Å². The molecule has 3 heterocycles. The number of benzene rings is 3. The number of rotatable bonds is 7. The van der Waals surface area contributed by atoms with E-state index in [0.29, 0.717) is 31.2 Å². The predicted molar refractivity (Wildman–Crippen MR) is 150 cm³/mol. The number of methoxy groups -OCH3 is 1. The fraction of sp³-hybridized carbons (Fsp3) is 0.312. The molecule has 0 saturated carbocycles. The molecule has 1 aromatic heterocycles. The maximum atomic E-state index is 14.2. The molecule has 4 aromatic rings. The molecule has 0 radical (unpaired) electrons. The van der Waals surface area contributed by atoms with Crippen LogP contribution in [-0.4, -0.2) is 53.4 Å². The summed E-state index contributed by atoms with van der Waals surface area (Å²) in [7, 11) is 1.64. The Morgan fingerprint density at radius 2 is 1.77 bits per heavy atom. The Morgan fingerprint density at radius 3 is 2.54 bits per heavy atom. The van der Waals surface area contributed by atoms with Crippen molar-refractivity contribution in [3.8, 4) is 11.5 Å². The van der Waals surface area contributed by atoms with Gasteiger partial charge in [-0.1, -0.05) is 61.5 Å². The number of H-pyrrole nitrogens is 1. The number of aromatic nitrogens is 1. The zero-order chi connectivity index (χ0) is 27.1. The van der Waals surface area contributed by atoms with E-state index in [2.05, 4.69) is 18.0 Å². The Kier molecular flexibility index (Phi) is 6.29. The number of aromatic amines is 1. The van der Waals surface area contributed by atoms with Gasteiger partial charge in [0.15, 0.2) is 17.0 Å². The lowest BCUT2D eigenvalue weighted by molar-refractivity contribution is -0.166. The molecule has 6 rings (SSSR count). The van der Waals surface area contributed by atoms with Crippen molar-refractivity contribution in [1.29, 1.82) is 0 Å². The highest BCUT2D eigenvalue weighted by Gasteiger charge is 2.56. The van der Waals surface area contributed by atoms with Crippen molar-refractivity contribution in [1.82, 2.24) is 14.8 Å². The van der Waals surface area contributed by atoms with Gasteiger partial charge in [-0.05, 0) is 48.2 Å². The molecule has 2 amide bonds.